The van der Waals surface area contributed by atoms with Crippen LogP contribution in [0.4, 0.5) is 0 Å². The van der Waals surface area contributed by atoms with Crippen LogP contribution in [-0.4, -0.2) is 48.4 Å². The minimum Gasteiger partial charge on any atom is -0.468 e. The Kier molecular flexibility index (Phi) is 6.72. The van der Waals surface area contributed by atoms with Crippen molar-refractivity contribution < 1.29 is 23.9 Å². The molecule has 1 heterocycles. The third kappa shape index (κ3) is 4.39. The SMILES string of the molecule is COC(=O)C(C(=O)OC)[C@H]1CCCCC1ON1C(C)(C)CCCC1(C)C. The van der Waals surface area contributed by atoms with Gasteiger partial charge in [0.25, 0.3) is 0 Å². The molecule has 1 aliphatic heterocycles. The summed E-state index contributed by atoms with van der Waals surface area (Å²) in [7, 11) is 2.63. The lowest BCUT2D eigenvalue weighted by Gasteiger charge is -2.53. The summed E-state index contributed by atoms with van der Waals surface area (Å²) in [6.45, 7) is 8.79. The van der Waals surface area contributed by atoms with Crippen molar-refractivity contribution in [3.8, 4) is 0 Å². The maximum absolute atomic E-state index is 12.3. The molecule has 2 aliphatic rings. The number of nitrogens with zero attached hydrogens (tertiary/aromatic N) is 1. The number of piperidine rings is 1. The van der Waals surface area contributed by atoms with Gasteiger partial charge in [-0.1, -0.05) is 12.8 Å². The Hall–Kier alpha value is -1.14. The first kappa shape index (κ1) is 21.2. The molecule has 150 valence electrons. The monoisotopic (exact) mass is 369 g/mol. The van der Waals surface area contributed by atoms with Gasteiger partial charge in [0.1, 0.15) is 0 Å². The van der Waals surface area contributed by atoms with Crippen LogP contribution in [0.2, 0.25) is 0 Å². The van der Waals surface area contributed by atoms with Gasteiger partial charge in [0.05, 0.1) is 20.3 Å². The van der Waals surface area contributed by atoms with E-state index in [1.807, 2.05) is 0 Å². The molecule has 1 aliphatic carbocycles. The molecule has 0 bridgehead atoms. The average molecular weight is 370 g/mol. The van der Waals surface area contributed by atoms with Crippen molar-refractivity contribution in [3.05, 3.63) is 0 Å². The van der Waals surface area contributed by atoms with E-state index in [9.17, 15) is 9.59 Å². The maximum Gasteiger partial charge on any atom is 0.320 e. The zero-order valence-corrected chi connectivity index (χ0v) is 17.2. The number of ether oxygens (including phenoxy) is 2. The zero-order chi connectivity index (χ0) is 19.5. The molecular formula is C20H35NO5. The number of methoxy groups -OCH3 is 2. The van der Waals surface area contributed by atoms with Gasteiger partial charge in [-0.25, -0.2) is 0 Å². The summed E-state index contributed by atoms with van der Waals surface area (Å²) in [5.74, 6) is -2.22. The highest BCUT2D eigenvalue weighted by Gasteiger charge is 2.48. The molecule has 6 heteroatoms. The third-order valence-corrected chi connectivity index (χ3v) is 6.01. The van der Waals surface area contributed by atoms with E-state index >= 15 is 0 Å². The summed E-state index contributed by atoms with van der Waals surface area (Å²) >= 11 is 0. The largest absolute Gasteiger partial charge is 0.468 e. The Morgan fingerprint density at radius 3 is 1.88 bits per heavy atom. The molecule has 1 saturated heterocycles. The molecule has 1 unspecified atom stereocenters. The molecule has 1 saturated carbocycles. The topological polar surface area (TPSA) is 65.1 Å². The Labute approximate surface area is 157 Å². The molecule has 2 atom stereocenters. The number of carbonyl (C=O) groups is 2. The van der Waals surface area contributed by atoms with Crippen LogP contribution >= 0.6 is 0 Å². The lowest BCUT2D eigenvalue weighted by Crippen LogP contribution is -2.60. The molecule has 0 spiro atoms. The van der Waals surface area contributed by atoms with E-state index in [2.05, 4.69) is 32.8 Å². The predicted octanol–water partition coefficient (Wildman–Crippen LogP) is 3.48. The molecule has 0 aromatic heterocycles. The first-order valence-corrected chi connectivity index (χ1v) is 9.77. The lowest BCUT2D eigenvalue weighted by molar-refractivity contribution is -0.318. The van der Waals surface area contributed by atoms with Crippen LogP contribution in [0, 0.1) is 11.8 Å². The third-order valence-electron chi connectivity index (χ3n) is 6.01. The molecular weight excluding hydrogens is 334 g/mol. The van der Waals surface area contributed by atoms with E-state index in [1.54, 1.807) is 0 Å². The van der Waals surface area contributed by atoms with Crippen LogP contribution in [0.25, 0.3) is 0 Å². The predicted molar refractivity (Wildman–Crippen MR) is 98.2 cm³/mol. The fraction of sp³-hybridized carbons (Fsp3) is 0.900. The second-order valence-corrected chi connectivity index (χ2v) is 8.89. The van der Waals surface area contributed by atoms with Crippen molar-refractivity contribution >= 4 is 11.9 Å². The Morgan fingerprint density at radius 1 is 0.885 bits per heavy atom. The summed E-state index contributed by atoms with van der Waals surface area (Å²) in [4.78, 5) is 31.2. The Balaban J connectivity index is 2.27. The van der Waals surface area contributed by atoms with Gasteiger partial charge in [-0.05, 0) is 59.8 Å². The van der Waals surface area contributed by atoms with Crippen LogP contribution in [0.1, 0.15) is 72.6 Å². The van der Waals surface area contributed by atoms with Gasteiger partial charge in [-0.3, -0.25) is 14.4 Å². The standard InChI is InChI=1S/C20H35NO5/c1-19(2)12-9-13-20(3,4)21(19)26-15-11-8-7-10-14(15)16(17(22)24-5)18(23)25-6/h14-16H,7-13H2,1-6H3/t14-,15?/m0/s1. The van der Waals surface area contributed by atoms with Crippen LogP contribution in [-0.2, 0) is 23.9 Å². The molecule has 2 rings (SSSR count). The zero-order valence-electron chi connectivity index (χ0n) is 17.2. The Morgan fingerprint density at radius 2 is 1.38 bits per heavy atom. The van der Waals surface area contributed by atoms with E-state index < -0.39 is 17.9 Å². The van der Waals surface area contributed by atoms with Crippen LogP contribution in [0.5, 0.6) is 0 Å². The van der Waals surface area contributed by atoms with Crippen LogP contribution < -0.4 is 0 Å². The van der Waals surface area contributed by atoms with Crippen LogP contribution in [0.3, 0.4) is 0 Å². The maximum atomic E-state index is 12.3. The van der Waals surface area contributed by atoms with E-state index in [1.165, 1.54) is 20.6 Å². The highest BCUT2D eigenvalue weighted by atomic mass is 16.7. The van der Waals surface area contributed by atoms with E-state index in [0.29, 0.717) is 0 Å². The number of hydrogen-bond donors (Lipinski definition) is 0. The number of carbonyl (C=O) groups excluding carboxylic acids is 2. The molecule has 0 radical (unpaired) electrons. The summed E-state index contributed by atoms with van der Waals surface area (Å²) in [5.41, 5.74) is -0.175. The smallest absolute Gasteiger partial charge is 0.320 e. The summed E-state index contributed by atoms with van der Waals surface area (Å²) in [6, 6.07) is 0. The van der Waals surface area contributed by atoms with Gasteiger partial charge in [-0.2, -0.15) is 5.06 Å². The van der Waals surface area contributed by atoms with Crippen molar-refractivity contribution in [1.29, 1.82) is 0 Å². The summed E-state index contributed by atoms with van der Waals surface area (Å²) in [6.07, 6.45) is 6.69. The molecule has 0 amide bonds. The summed E-state index contributed by atoms with van der Waals surface area (Å²) < 4.78 is 9.80. The van der Waals surface area contributed by atoms with E-state index in [4.69, 9.17) is 14.3 Å². The van der Waals surface area contributed by atoms with E-state index in [0.717, 1.165) is 38.5 Å². The van der Waals surface area contributed by atoms with Gasteiger partial charge >= 0.3 is 11.9 Å². The average Bonchev–Trinajstić information content (AvgIpc) is 2.58. The van der Waals surface area contributed by atoms with Gasteiger partial charge in [0.15, 0.2) is 5.92 Å². The minimum atomic E-state index is -0.925. The minimum absolute atomic E-state index is 0.0875. The fourth-order valence-corrected chi connectivity index (χ4v) is 4.73. The molecule has 0 N–H and O–H groups in total. The van der Waals surface area contributed by atoms with E-state index in [-0.39, 0.29) is 23.1 Å². The van der Waals surface area contributed by atoms with Gasteiger partial charge in [-0.15, -0.1) is 0 Å². The van der Waals surface area contributed by atoms with Crippen molar-refractivity contribution in [3.63, 3.8) is 0 Å². The lowest BCUT2D eigenvalue weighted by atomic mass is 9.77. The second-order valence-electron chi connectivity index (χ2n) is 8.89. The number of rotatable bonds is 5. The van der Waals surface area contributed by atoms with Crippen molar-refractivity contribution in [2.45, 2.75) is 89.8 Å². The first-order valence-electron chi connectivity index (χ1n) is 9.77. The van der Waals surface area contributed by atoms with Crippen molar-refractivity contribution in [2.24, 2.45) is 11.8 Å². The molecule has 0 aromatic rings. The second kappa shape index (κ2) is 8.26. The normalized spacial score (nSPS) is 28.6. The highest BCUT2D eigenvalue weighted by Crippen LogP contribution is 2.42. The fourth-order valence-electron chi connectivity index (χ4n) is 4.73. The van der Waals surface area contributed by atoms with Gasteiger partial charge in [0.2, 0.25) is 0 Å². The summed E-state index contributed by atoms with van der Waals surface area (Å²) in [5, 5.41) is 2.12. The van der Waals surface area contributed by atoms with Crippen molar-refractivity contribution in [1.82, 2.24) is 5.06 Å². The number of hydroxylamine groups is 2. The number of esters is 2. The quantitative estimate of drug-likeness (QED) is 0.546. The van der Waals surface area contributed by atoms with Crippen molar-refractivity contribution in [2.75, 3.05) is 14.2 Å². The van der Waals surface area contributed by atoms with Crippen LogP contribution in [0.15, 0.2) is 0 Å². The Bertz CT molecular complexity index is 484. The van der Waals surface area contributed by atoms with Gasteiger partial charge < -0.3 is 9.47 Å². The number of hydrogen-bond acceptors (Lipinski definition) is 6. The molecule has 6 nitrogen and oxygen atoms in total. The highest BCUT2D eigenvalue weighted by molar-refractivity contribution is 5.95. The van der Waals surface area contributed by atoms with Gasteiger partial charge in [0, 0.05) is 17.0 Å². The molecule has 26 heavy (non-hydrogen) atoms. The molecule has 2 fully saturated rings. The molecule has 0 aromatic carbocycles. The first-order chi connectivity index (χ1) is 12.1.